The molecule has 8 nitrogen and oxygen atoms in total. The molecule has 3 amide bonds. The molecule has 1 aliphatic heterocycles. The molecule has 2 atom stereocenters. The number of allylic oxidation sites excluding steroid dienone is 1. The average Bonchev–Trinajstić information content (AvgIpc) is 2.75. The van der Waals surface area contributed by atoms with Crippen LogP contribution in [-0.2, 0) is 14.3 Å². The molecule has 0 fully saturated rings. The van der Waals surface area contributed by atoms with Gasteiger partial charge >= 0.3 is 12.0 Å². The smallest absolute Gasteiger partial charge is 0.347 e. The standard InChI is InChI=1S/C24H27N3O5/c1-5-31-23(29)16(4)32-18-12-10-17(11-13-18)21-20(15(3)25-24(30)27-21)22(28)26-19-9-7-6-8-14(19)2/h6-13,16,21H,5H2,1-4H3,(H,26,28)(H2,25,27,30)/t16-,21-/m0/s1. The third kappa shape index (κ3) is 5.26. The van der Waals surface area contributed by atoms with Gasteiger partial charge in [0.1, 0.15) is 5.75 Å². The molecule has 8 heteroatoms. The number of rotatable bonds is 7. The normalized spacial score (nSPS) is 16.5. The lowest BCUT2D eigenvalue weighted by molar-refractivity contribution is -0.150. The zero-order valence-corrected chi connectivity index (χ0v) is 18.5. The number of aryl methyl sites for hydroxylation is 1. The van der Waals surface area contributed by atoms with Gasteiger partial charge in [0.2, 0.25) is 0 Å². The van der Waals surface area contributed by atoms with Crippen LogP contribution < -0.4 is 20.7 Å². The second-order valence-corrected chi connectivity index (χ2v) is 7.42. The molecule has 168 valence electrons. The molecule has 2 aromatic rings. The van der Waals surface area contributed by atoms with Crippen LogP contribution in [0.5, 0.6) is 5.75 Å². The molecule has 0 unspecified atom stereocenters. The largest absolute Gasteiger partial charge is 0.479 e. The number of anilines is 1. The molecule has 1 aliphatic rings. The number of esters is 1. The number of carbonyl (C=O) groups excluding carboxylic acids is 3. The van der Waals surface area contributed by atoms with Crippen molar-refractivity contribution in [2.24, 2.45) is 0 Å². The molecular weight excluding hydrogens is 410 g/mol. The second-order valence-electron chi connectivity index (χ2n) is 7.42. The Hall–Kier alpha value is -3.81. The van der Waals surface area contributed by atoms with Gasteiger partial charge in [0.05, 0.1) is 18.2 Å². The van der Waals surface area contributed by atoms with Gasteiger partial charge in [-0.1, -0.05) is 30.3 Å². The third-order valence-electron chi connectivity index (χ3n) is 5.05. The first-order valence-corrected chi connectivity index (χ1v) is 10.4. The van der Waals surface area contributed by atoms with Crippen LogP contribution in [0.2, 0.25) is 0 Å². The van der Waals surface area contributed by atoms with E-state index >= 15 is 0 Å². The van der Waals surface area contributed by atoms with Crippen molar-refractivity contribution in [3.05, 3.63) is 70.9 Å². The minimum absolute atomic E-state index is 0.278. The van der Waals surface area contributed by atoms with Crippen LogP contribution in [0.15, 0.2) is 59.8 Å². The lowest BCUT2D eigenvalue weighted by Gasteiger charge is -2.29. The van der Waals surface area contributed by atoms with Crippen molar-refractivity contribution in [1.82, 2.24) is 10.6 Å². The van der Waals surface area contributed by atoms with E-state index in [1.54, 1.807) is 45.0 Å². The number of carbonyl (C=O) groups is 3. The summed E-state index contributed by atoms with van der Waals surface area (Å²) in [7, 11) is 0. The van der Waals surface area contributed by atoms with Crippen LogP contribution in [0.4, 0.5) is 10.5 Å². The fourth-order valence-corrected chi connectivity index (χ4v) is 3.40. The molecule has 0 saturated heterocycles. The van der Waals surface area contributed by atoms with E-state index in [2.05, 4.69) is 16.0 Å². The first-order chi connectivity index (χ1) is 15.3. The maximum Gasteiger partial charge on any atom is 0.347 e. The number of amides is 3. The Bertz CT molecular complexity index is 1050. The van der Waals surface area contributed by atoms with Gasteiger partial charge in [0.15, 0.2) is 6.10 Å². The highest BCUT2D eigenvalue weighted by Crippen LogP contribution is 2.29. The molecule has 0 aromatic heterocycles. The Morgan fingerprint density at radius 1 is 1.09 bits per heavy atom. The zero-order chi connectivity index (χ0) is 23.3. The van der Waals surface area contributed by atoms with Gasteiger partial charge in [0.25, 0.3) is 5.91 Å². The summed E-state index contributed by atoms with van der Waals surface area (Å²) in [5.74, 6) is -0.289. The summed E-state index contributed by atoms with van der Waals surface area (Å²) in [4.78, 5) is 37.0. The zero-order valence-electron chi connectivity index (χ0n) is 18.5. The Morgan fingerprint density at radius 2 is 1.78 bits per heavy atom. The topological polar surface area (TPSA) is 106 Å². The SMILES string of the molecule is CCOC(=O)[C@H](C)Oc1ccc([C@@H]2NC(=O)NC(C)=C2C(=O)Nc2ccccc2C)cc1. The molecule has 1 heterocycles. The van der Waals surface area contributed by atoms with Crippen molar-refractivity contribution < 1.29 is 23.9 Å². The van der Waals surface area contributed by atoms with E-state index in [-0.39, 0.29) is 12.5 Å². The molecular formula is C24H27N3O5. The van der Waals surface area contributed by atoms with Gasteiger partial charge in [-0.2, -0.15) is 0 Å². The highest BCUT2D eigenvalue weighted by Gasteiger charge is 2.31. The van der Waals surface area contributed by atoms with E-state index in [0.29, 0.717) is 28.3 Å². The Morgan fingerprint density at radius 3 is 2.44 bits per heavy atom. The highest BCUT2D eigenvalue weighted by atomic mass is 16.6. The fourth-order valence-electron chi connectivity index (χ4n) is 3.40. The molecule has 3 rings (SSSR count). The molecule has 0 radical (unpaired) electrons. The first-order valence-electron chi connectivity index (χ1n) is 10.4. The lowest BCUT2D eigenvalue weighted by Crippen LogP contribution is -2.46. The summed E-state index contributed by atoms with van der Waals surface area (Å²) < 4.78 is 10.6. The number of benzene rings is 2. The predicted molar refractivity (Wildman–Crippen MR) is 120 cm³/mol. The van der Waals surface area contributed by atoms with E-state index in [0.717, 1.165) is 5.56 Å². The lowest BCUT2D eigenvalue weighted by atomic mass is 9.94. The second kappa shape index (κ2) is 10.00. The van der Waals surface area contributed by atoms with Crippen molar-refractivity contribution in [2.45, 2.75) is 39.8 Å². The summed E-state index contributed by atoms with van der Waals surface area (Å²) >= 11 is 0. The summed E-state index contributed by atoms with van der Waals surface area (Å²) in [6.45, 7) is 7.22. The van der Waals surface area contributed by atoms with Crippen LogP contribution in [0.1, 0.15) is 37.9 Å². The Kier molecular flexibility index (Phi) is 7.14. The fraction of sp³-hybridized carbons (Fsp3) is 0.292. The third-order valence-corrected chi connectivity index (χ3v) is 5.05. The van der Waals surface area contributed by atoms with Gasteiger partial charge in [0, 0.05) is 11.4 Å². The first kappa shape index (κ1) is 22.9. The van der Waals surface area contributed by atoms with Crippen molar-refractivity contribution in [3.8, 4) is 5.75 Å². The van der Waals surface area contributed by atoms with Crippen LogP contribution >= 0.6 is 0 Å². The molecule has 3 N–H and O–H groups in total. The van der Waals surface area contributed by atoms with Crippen LogP contribution in [0.3, 0.4) is 0 Å². The maximum absolute atomic E-state index is 13.1. The molecule has 2 aromatic carbocycles. The van der Waals surface area contributed by atoms with E-state index in [9.17, 15) is 14.4 Å². The molecule has 0 bridgehead atoms. The molecule has 0 saturated carbocycles. The quantitative estimate of drug-likeness (QED) is 0.574. The van der Waals surface area contributed by atoms with Gasteiger partial charge in [-0.25, -0.2) is 9.59 Å². The number of nitrogens with one attached hydrogen (secondary N) is 3. The summed E-state index contributed by atoms with van der Waals surface area (Å²) in [6.07, 6.45) is -0.753. The Balaban J connectivity index is 1.82. The van der Waals surface area contributed by atoms with Gasteiger partial charge < -0.3 is 25.4 Å². The molecule has 0 aliphatic carbocycles. The van der Waals surface area contributed by atoms with Crippen LogP contribution in [0, 0.1) is 6.92 Å². The van der Waals surface area contributed by atoms with Crippen molar-refractivity contribution in [1.29, 1.82) is 0 Å². The average molecular weight is 437 g/mol. The van der Waals surface area contributed by atoms with Gasteiger partial charge in [-0.15, -0.1) is 0 Å². The van der Waals surface area contributed by atoms with Crippen LogP contribution in [0.25, 0.3) is 0 Å². The Labute approximate surface area is 187 Å². The van der Waals surface area contributed by atoms with Crippen LogP contribution in [-0.4, -0.2) is 30.6 Å². The highest BCUT2D eigenvalue weighted by molar-refractivity contribution is 6.07. The maximum atomic E-state index is 13.1. The summed E-state index contributed by atoms with van der Waals surface area (Å²) in [5.41, 5.74) is 3.21. The van der Waals surface area contributed by atoms with E-state index in [1.807, 2.05) is 31.2 Å². The minimum Gasteiger partial charge on any atom is -0.479 e. The number of urea groups is 1. The van der Waals surface area contributed by atoms with Gasteiger partial charge in [-0.05, 0) is 57.0 Å². The van der Waals surface area contributed by atoms with E-state index in [1.165, 1.54) is 0 Å². The minimum atomic E-state index is -0.753. The summed E-state index contributed by atoms with van der Waals surface area (Å²) in [6, 6.07) is 13.3. The number of hydrogen-bond acceptors (Lipinski definition) is 5. The summed E-state index contributed by atoms with van der Waals surface area (Å²) in [5, 5.41) is 8.39. The molecule has 32 heavy (non-hydrogen) atoms. The number of ether oxygens (including phenoxy) is 2. The van der Waals surface area contributed by atoms with E-state index < -0.39 is 24.1 Å². The monoisotopic (exact) mass is 437 g/mol. The van der Waals surface area contributed by atoms with Gasteiger partial charge in [-0.3, -0.25) is 4.79 Å². The van der Waals surface area contributed by atoms with Crippen molar-refractivity contribution in [3.63, 3.8) is 0 Å². The van der Waals surface area contributed by atoms with Crippen molar-refractivity contribution in [2.75, 3.05) is 11.9 Å². The number of para-hydroxylation sites is 1. The van der Waals surface area contributed by atoms with E-state index in [4.69, 9.17) is 9.47 Å². The van der Waals surface area contributed by atoms with Crippen molar-refractivity contribution >= 4 is 23.6 Å². The molecule has 0 spiro atoms. The predicted octanol–water partition coefficient (Wildman–Crippen LogP) is 3.59. The number of hydrogen-bond donors (Lipinski definition) is 3.